The maximum atomic E-state index is 11.5. The largest absolute Gasteiger partial charge is 0.466 e. The first-order valence-electron chi connectivity index (χ1n) is 5.44. The van der Waals surface area contributed by atoms with Crippen molar-refractivity contribution < 1.29 is 14.3 Å². The molecule has 1 spiro atoms. The minimum atomic E-state index is -1.21. The van der Waals surface area contributed by atoms with Gasteiger partial charge in [-0.3, -0.25) is 0 Å². The number of epoxide rings is 1. The summed E-state index contributed by atoms with van der Waals surface area (Å²) in [5.41, 5.74) is -0.464. The van der Waals surface area contributed by atoms with Gasteiger partial charge in [0.25, 0.3) is 5.06 Å². The summed E-state index contributed by atoms with van der Waals surface area (Å²) in [5.74, 6) is 0.553. The number of esters is 1. The van der Waals surface area contributed by atoms with E-state index in [1.165, 1.54) is 7.11 Å². The van der Waals surface area contributed by atoms with Crippen LogP contribution < -0.4 is 0 Å². The highest BCUT2D eigenvalue weighted by atomic mass is 35.5. The Balaban J connectivity index is 2.15. The summed E-state index contributed by atoms with van der Waals surface area (Å²) < 4.78 is 10.2. The van der Waals surface area contributed by atoms with Crippen molar-refractivity contribution in [3.8, 4) is 0 Å². The molecule has 2 fully saturated rings. The van der Waals surface area contributed by atoms with E-state index in [-0.39, 0.29) is 0 Å². The fraction of sp³-hybridized carbons (Fsp3) is 0.909. The molecule has 2 rings (SSSR count). The summed E-state index contributed by atoms with van der Waals surface area (Å²) >= 11 is 6.18. The molecule has 0 radical (unpaired) electrons. The topological polar surface area (TPSA) is 38.8 Å². The lowest BCUT2D eigenvalue weighted by Crippen LogP contribution is -2.39. The summed E-state index contributed by atoms with van der Waals surface area (Å²) in [6.45, 7) is 4.32. The van der Waals surface area contributed by atoms with Crippen LogP contribution >= 0.6 is 11.6 Å². The molecule has 86 valence electrons. The van der Waals surface area contributed by atoms with Crippen molar-refractivity contribution in [2.24, 2.45) is 11.8 Å². The number of carbonyl (C=O) groups excluding carboxylic acids is 1. The number of carbonyl (C=O) groups is 1. The molecule has 1 aliphatic heterocycles. The zero-order chi connectivity index (χ0) is 11.3. The molecule has 0 aromatic heterocycles. The Bertz CT molecular complexity index is 294. The highest BCUT2D eigenvalue weighted by Gasteiger charge is 2.77. The average Bonchev–Trinajstić information content (AvgIpc) is 2.81. The number of ether oxygens (including phenoxy) is 2. The van der Waals surface area contributed by atoms with Crippen LogP contribution in [0.15, 0.2) is 0 Å². The van der Waals surface area contributed by atoms with E-state index >= 15 is 0 Å². The summed E-state index contributed by atoms with van der Waals surface area (Å²) in [6.07, 6.45) is 2.98. The van der Waals surface area contributed by atoms with Crippen LogP contribution in [0.2, 0.25) is 0 Å². The van der Waals surface area contributed by atoms with Crippen LogP contribution in [0.25, 0.3) is 0 Å². The van der Waals surface area contributed by atoms with E-state index in [0.29, 0.717) is 11.8 Å². The number of halogens is 1. The van der Waals surface area contributed by atoms with E-state index in [4.69, 9.17) is 16.3 Å². The van der Waals surface area contributed by atoms with Crippen LogP contribution in [0.3, 0.4) is 0 Å². The third-order valence-electron chi connectivity index (χ3n) is 3.83. The normalized spacial score (nSPS) is 49.1. The molecule has 2 aliphatic rings. The maximum Gasteiger partial charge on any atom is 0.357 e. The molecule has 4 heteroatoms. The van der Waals surface area contributed by atoms with Crippen molar-refractivity contribution in [3.05, 3.63) is 0 Å². The van der Waals surface area contributed by atoms with Crippen LogP contribution in [-0.2, 0) is 14.3 Å². The molecule has 15 heavy (non-hydrogen) atoms. The predicted octanol–water partition coefficient (Wildman–Crippen LogP) is 2.32. The monoisotopic (exact) mass is 232 g/mol. The van der Waals surface area contributed by atoms with Gasteiger partial charge in [-0.05, 0) is 31.1 Å². The minimum Gasteiger partial charge on any atom is -0.466 e. The van der Waals surface area contributed by atoms with Gasteiger partial charge >= 0.3 is 5.97 Å². The summed E-state index contributed by atoms with van der Waals surface area (Å²) in [4.78, 5) is 11.5. The molecule has 4 unspecified atom stereocenters. The molecule has 0 aromatic rings. The van der Waals surface area contributed by atoms with Gasteiger partial charge in [-0.1, -0.05) is 25.4 Å². The third kappa shape index (κ3) is 1.40. The molecule has 0 N–H and O–H groups in total. The summed E-state index contributed by atoms with van der Waals surface area (Å²) in [5, 5.41) is -1.21. The zero-order valence-corrected chi connectivity index (χ0v) is 10.1. The van der Waals surface area contributed by atoms with Crippen molar-refractivity contribution >= 4 is 17.6 Å². The van der Waals surface area contributed by atoms with E-state index in [0.717, 1.165) is 19.3 Å². The second-order valence-corrected chi connectivity index (χ2v) is 5.39. The molecule has 4 atom stereocenters. The van der Waals surface area contributed by atoms with Crippen molar-refractivity contribution in [2.45, 2.75) is 43.8 Å². The first-order chi connectivity index (χ1) is 6.96. The molecule has 3 nitrogen and oxygen atoms in total. The first kappa shape index (κ1) is 11.2. The molecule has 0 aromatic carbocycles. The fourth-order valence-electron chi connectivity index (χ4n) is 2.82. The number of rotatable bonds is 1. The molecule has 1 heterocycles. The van der Waals surface area contributed by atoms with E-state index in [9.17, 15) is 4.79 Å². The van der Waals surface area contributed by atoms with E-state index in [1.54, 1.807) is 0 Å². The Morgan fingerprint density at radius 1 is 1.53 bits per heavy atom. The Morgan fingerprint density at radius 3 is 2.73 bits per heavy atom. The van der Waals surface area contributed by atoms with Gasteiger partial charge in [0, 0.05) is 0 Å². The van der Waals surface area contributed by atoms with Gasteiger partial charge in [0.05, 0.1) is 7.11 Å². The molecule has 1 saturated heterocycles. The summed E-state index contributed by atoms with van der Waals surface area (Å²) in [7, 11) is 1.35. The van der Waals surface area contributed by atoms with Crippen LogP contribution in [0.5, 0.6) is 0 Å². The standard InChI is InChI=1S/C11H17ClO3/c1-7-4-5-10(8(2)6-7)11(12,15-10)9(13)14-3/h7-8H,4-6H2,1-3H3. The van der Waals surface area contributed by atoms with Crippen molar-refractivity contribution in [2.75, 3.05) is 7.11 Å². The Kier molecular flexibility index (Phi) is 2.51. The van der Waals surface area contributed by atoms with Gasteiger partial charge in [-0.15, -0.1) is 0 Å². The van der Waals surface area contributed by atoms with Gasteiger partial charge in [0.1, 0.15) is 5.60 Å². The lowest BCUT2D eigenvalue weighted by molar-refractivity contribution is -0.143. The Labute approximate surface area is 95.1 Å². The highest BCUT2D eigenvalue weighted by molar-refractivity contribution is 6.36. The maximum absolute atomic E-state index is 11.5. The van der Waals surface area contributed by atoms with E-state index in [2.05, 4.69) is 18.6 Å². The summed E-state index contributed by atoms with van der Waals surface area (Å²) in [6, 6.07) is 0. The van der Waals surface area contributed by atoms with Crippen molar-refractivity contribution in [3.63, 3.8) is 0 Å². The SMILES string of the molecule is COC(=O)C1(Cl)OC12CCC(C)CC2C. The van der Waals surface area contributed by atoms with Gasteiger partial charge < -0.3 is 9.47 Å². The van der Waals surface area contributed by atoms with Crippen molar-refractivity contribution in [1.29, 1.82) is 0 Å². The van der Waals surface area contributed by atoms with E-state index < -0.39 is 16.6 Å². The number of hydrogen-bond acceptors (Lipinski definition) is 3. The second kappa shape index (κ2) is 3.36. The smallest absolute Gasteiger partial charge is 0.357 e. The van der Waals surface area contributed by atoms with Gasteiger partial charge in [-0.2, -0.15) is 0 Å². The Morgan fingerprint density at radius 2 is 2.20 bits per heavy atom. The van der Waals surface area contributed by atoms with Crippen LogP contribution in [-0.4, -0.2) is 23.7 Å². The quantitative estimate of drug-likeness (QED) is 0.396. The van der Waals surface area contributed by atoms with Crippen LogP contribution in [0.4, 0.5) is 0 Å². The fourth-order valence-corrected chi connectivity index (χ4v) is 3.32. The molecular weight excluding hydrogens is 216 g/mol. The number of alkyl halides is 1. The minimum absolute atomic E-state index is 0.317. The van der Waals surface area contributed by atoms with Crippen LogP contribution in [0, 0.1) is 11.8 Å². The van der Waals surface area contributed by atoms with Crippen LogP contribution in [0.1, 0.15) is 33.1 Å². The molecule has 0 amide bonds. The highest BCUT2D eigenvalue weighted by Crippen LogP contribution is 2.62. The van der Waals surface area contributed by atoms with Gasteiger partial charge in [0.15, 0.2) is 0 Å². The second-order valence-electron chi connectivity index (χ2n) is 4.86. The predicted molar refractivity (Wildman–Crippen MR) is 56.6 cm³/mol. The molecule has 0 bridgehead atoms. The molecular formula is C11H17ClO3. The third-order valence-corrected chi connectivity index (χ3v) is 4.39. The zero-order valence-electron chi connectivity index (χ0n) is 9.38. The molecule has 1 aliphatic carbocycles. The lowest BCUT2D eigenvalue weighted by Gasteiger charge is -2.31. The first-order valence-corrected chi connectivity index (χ1v) is 5.81. The van der Waals surface area contributed by atoms with Gasteiger partial charge in [-0.25, -0.2) is 4.79 Å². The van der Waals surface area contributed by atoms with Crippen molar-refractivity contribution in [1.82, 2.24) is 0 Å². The average molecular weight is 233 g/mol. The molecule has 1 saturated carbocycles. The number of methoxy groups -OCH3 is 1. The van der Waals surface area contributed by atoms with Gasteiger partial charge in [0.2, 0.25) is 0 Å². The lowest BCUT2D eigenvalue weighted by atomic mass is 9.73. The number of hydrogen-bond donors (Lipinski definition) is 0. The Hall–Kier alpha value is -0.280. The van der Waals surface area contributed by atoms with E-state index in [1.807, 2.05) is 0 Å².